The summed E-state index contributed by atoms with van der Waals surface area (Å²) in [7, 11) is 1.63. The number of aromatic nitrogens is 2. The van der Waals surface area contributed by atoms with Crippen LogP contribution in [0, 0.1) is 6.92 Å². The Labute approximate surface area is 122 Å². The molecule has 2 aromatic rings. The van der Waals surface area contributed by atoms with E-state index in [1.54, 1.807) is 7.11 Å². The van der Waals surface area contributed by atoms with Crippen LogP contribution in [0.3, 0.4) is 0 Å². The maximum Gasteiger partial charge on any atom is 0.142 e. The van der Waals surface area contributed by atoms with E-state index in [9.17, 15) is 0 Å². The topological polar surface area (TPSA) is 35.0 Å². The molecule has 3 nitrogen and oxygen atoms in total. The van der Waals surface area contributed by atoms with Crippen molar-refractivity contribution < 1.29 is 4.74 Å². The number of hydrogen-bond donors (Lipinski definition) is 0. The van der Waals surface area contributed by atoms with Crippen LogP contribution in [0.2, 0.25) is 10.3 Å². The van der Waals surface area contributed by atoms with Gasteiger partial charge in [0, 0.05) is 13.5 Å². The Morgan fingerprint density at radius 3 is 2.32 bits per heavy atom. The summed E-state index contributed by atoms with van der Waals surface area (Å²) in [4.78, 5) is 8.56. The zero-order valence-corrected chi connectivity index (χ0v) is 12.3. The minimum Gasteiger partial charge on any atom is -0.384 e. The summed E-state index contributed by atoms with van der Waals surface area (Å²) in [6.07, 6.45) is 0.587. The van der Waals surface area contributed by atoms with Gasteiger partial charge in [0.25, 0.3) is 0 Å². The van der Waals surface area contributed by atoms with Gasteiger partial charge in [-0.15, -0.1) is 0 Å². The van der Waals surface area contributed by atoms with Crippen LogP contribution >= 0.6 is 23.2 Å². The molecule has 1 heterocycles. The quantitative estimate of drug-likeness (QED) is 0.802. The van der Waals surface area contributed by atoms with Gasteiger partial charge in [0.2, 0.25) is 0 Å². The van der Waals surface area contributed by atoms with E-state index < -0.39 is 0 Å². The molecule has 0 fully saturated rings. The molecule has 0 bridgehead atoms. The van der Waals surface area contributed by atoms with Crippen LogP contribution in [0.15, 0.2) is 24.3 Å². The van der Waals surface area contributed by atoms with Crippen LogP contribution in [0.1, 0.15) is 11.4 Å². The van der Waals surface area contributed by atoms with E-state index in [0.29, 0.717) is 34.7 Å². The fourth-order valence-corrected chi connectivity index (χ4v) is 2.46. The molecule has 0 aliphatic rings. The normalized spacial score (nSPS) is 10.7. The van der Waals surface area contributed by atoms with Crippen molar-refractivity contribution in [3.63, 3.8) is 0 Å². The Bertz CT molecular complexity index is 564. The Balaban J connectivity index is 2.45. The first-order valence-electron chi connectivity index (χ1n) is 5.90. The van der Waals surface area contributed by atoms with Gasteiger partial charge in [-0.25, -0.2) is 9.97 Å². The second-order valence-electron chi connectivity index (χ2n) is 4.15. The van der Waals surface area contributed by atoms with Crippen LogP contribution in [0.25, 0.3) is 11.1 Å². The minimum absolute atomic E-state index is 0.375. The first-order valence-corrected chi connectivity index (χ1v) is 6.66. The molecule has 100 valence electrons. The molecule has 0 atom stereocenters. The molecule has 0 aliphatic carbocycles. The van der Waals surface area contributed by atoms with Gasteiger partial charge in [0.05, 0.1) is 12.2 Å². The van der Waals surface area contributed by atoms with Crippen molar-refractivity contribution in [1.82, 2.24) is 9.97 Å². The molecule has 0 unspecified atom stereocenters. The van der Waals surface area contributed by atoms with Gasteiger partial charge in [0.1, 0.15) is 16.1 Å². The first kappa shape index (κ1) is 14.3. The Hall–Kier alpha value is -1.16. The van der Waals surface area contributed by atoms with E-state index in [-0.39, 0.29) is 0 Å². The zero-order chi connectivity index (χ0) is 13.8. The lowest BCUT2D eigenvalue weighted by molar-refractivity contribution is 0.200. The van der Waals surface area contributed by atoms with Crippen LogP contribution in [-0.4, -0.2) is 23.7 Å². The van der Waals surface area contributed by atoms with Gasteiger partial charge in [-0.05, 0) is 18.1 Å². The predicted molar refractivity (Wildman–Crippen MR) is 77.8 cm³/mol. The predicted octanol–water partition coefficient (Wildman–Crippen LogP) is 3.95. The van der Waals surface area contributed by atoms with Crippen molar-refractivity contribution in [3.8, 4) is 11.1 Å². The van der Waals surface area contributed by atoms with Gasteiger partial charge in [0.15, 0.2) is 0 Å². The fourth-order valence-electron chi connectivity index (χ4n) is 1.83. The summed E-state index contributed by atoms with van der Waals surface area (Å²) in [5, 5.41) is 0.751. The lowest BCUT2D eigenvalue weighted by Gasteiger charge is -2.10. The van der Waals surface area contributed by atoms with Crippen LogP contribution in [0.5, 0.6) is 0 Å². The number of benzene rings is 1. The Morgan fingerprint density at radius 2 is 1.74 bits per heavy atom. The van der Waals surface area contributed by atoms with Gasteiger partial charge >= 0.3 is 0 Å². The molecule has 5 heteroatoms. The summed E-state index contributed by atoms with van der Waals surface area (Å²) in [6, 6.07) is 7.86. The SMILES string of the molecule is COCCc1nc(Cl)c(-c2ccccc2C)c(Cl)n1. The molecule has 0 saturated carbocycles. The minimum atomic E-state index is 0.375. The Morgan fingerprint density at radius 1 is 1.11 bits per heavy atom. The summed E-state index contributed by atoms with van der Waals surface area (Å²) in [5.74, 6) is 0.592. The van der Waals surface area contributed by atoms with Crippen LogP contribution < -0.4 is 0 Å². The summed E-state index contributed by atoms with van der Waals surface area (Å²) in [6.45, 7) is 2.54. The molecule has 1 aromatic carbocycles. The van der Waals surface area contributed by atoms with E-state index >= 15 is 0 Å². The van der Waals surface area contributed by atoms with Gasteiger partial charge in [-0.3, -0.25) is 0 Å². The van der Waals surface area contributed by atoms with E-state index in [2.05, 4.69) is 9.97 Å². The van der Waals surface area contributed by atoms with Gasteiger partial charge < -0.3 is 4.74 Å². The summed E-state index contributed by atoms with van der Waals surface area (Å²) < 4.78 is 4.99. The number of nitrogens with zero attached hydrogens (tertiary/aromatic N) is 2. The van der Waals surface area contributed by atoms with Gasteiger partial charge in [-0.2, -0.15) is 0 Å². The second-order valence-corrected chi connectivity index (χ2v) is 4.87. The number of methoxy groups -OCH3 is 1. The van der Waals surface area contributed by atoms with Crippen LogP contribution in [-0.2, 0) is 11.2 Å². The number of halogens is 2. The van der Waals surface area contributed by atoms with Crippen molar-refractivity contribution in [2.24, 2.45) is 0 Å². The molecule has 0 aliphatic heterocycles. The molecule has 0 N–H and O–H groups in total. The highest BCUT2D eigenvalue weighted by Crippen LogP contribution is 2.34. The van der Waals surface area contributed by atoms with Crippen molar-refractivity contribution in [2.45, 2.75) is 13.3 Å². The fraction of sp³-hybridized carbons (Fsp3) is 0.286. The number of aryl methyl sites for hydroxylation is 1. The first-order chi connectivity index (χ1) is 9.13. The molecule has 2 rings (SSSR count). The maximum absolute atomic E-state index is 6.24. The van der Waals surface area contributed by atoms with Crippen LogP contribution in [0.4, 0.5) is 0 Å². The van der Waals surface area contributed by atoms with E-state index in [1.165, 1.54) is 0 Å². The third-order valence-corrected chi connectivity index (χ3v) is 3.36. The zero-order valence-electron chi connectivity index (χ0n) is 10.8. The van der Waals surface area contributed by atoms with Gasteiger partial charge in [-0.1, -0.05) is 47.5 Å². The summed E-state index contributed by atoms with van der Waals surface area (Å²) in [5.41, 5.74) is 2.72. The van der Waals surface area contributed by atoms with E-state index in [4.69, 9.17) is 27.9 Å². The lowest BCUT2D eigenvalue weighted by atomic mass is 10.0. The molecule has 19 heavy (non-hydrogen) atoms. The third kappa shape index (κ3) is 3.24. The van der Waals surface area contributed by atoms with E-state index in [0.717, 1.165) is 11.1 Å². The van der Waals surface area contributed by atoms with E-state index in [1.807, 2.05) is 31.2 Å². The monoisotopic (exact) mass is 296 g/mol. The smallest absolute Gasteiger partial charge is 0.142 e. The van der Waals surface area contributed by atoms with Crippen molar-refractivity contribution in [1.29, 1.82) is 0 Å². The molecule has 0 spiro atoms. The largest absolute Gasteiger partial charge is 0.384 e. The highest BCUT2D eigenvalue weighted by atomic mass is 35.5. The lowest BCUT2D eigenvalue weighted by Crippen LogP contribution is -2.03. The van der Waals surface area contributed by atoms with Crippen molar-refractivity contribution >= 4 is 23.2 Å². The molecule has 0 radical (unpaired) electrons. The molecule has 1 aromatic heterocycles. The van der Waals surface area contributed by atoms with Crippen molar-refractivity contribution in [2.75, 3.05) is 13.7 Å². The number of rotatable bonds is 4. The second kappa shape index (κ2) is 6.33. The highest BCUT2D eigenvalue weighted by Gasteiger charge is 2.14. The summed E-state index contributed by atoms with van der Waals surface area (Å²) >= 11 is 12.5. The number of hydrogen-bond acceptors (Lipinski definition) is 3. The molecule has 0 saturated heterocycles. The standard InChI is InChI=1S/C14H14Cl2N2O/c1-9-5-3-4-6-10(9)12-13(15)17-11(7-8-19-2)18-14(12)16/h3-6H,7-8H2,1-2H3. The molecular formula is C14H14Cl2N2O. The molecule has 0 amide bonds. The molecular weight excluding hydrogens is 283 g/mol. The van der Waals surface area contributed by atoms with Crippen molar-refractivity contribution in [3.05, 3.63) is 46.0 Å². The average molecular weight is 297 g/mol. The maximum atomic E-state index is 6.24. The highest BCUT2D eigenvalue weighted by molar-refractivity contribution is 6.37. The third-order valence-electron chi connectivity index (χ3n) is 2.81. The Kier molecular flexibility index (Phi) is 4.75. The average Bonchev–Trinajstić information content (AvgIpc) is 2.38. The number of ether oxygens (including phenoxy) is 1.